The molecule has 136 valence electrons. The molecule has 3 heteroatoms. The van der Waals surface area contributed by atoms with Crippen LogP contribution in [-0.4, -0.2) is 7.05 Å². The maximum absolute atomic E-state index is 6.88. The summed E-state index contributed by atoms with van der Waals surface area (Å²) < 4.78 is 6.88. The molecule has 1 heterocycles. The van der Waals surface area contributed by atoms with Crippen LogP contribution in [0.25, 0.3) is 0 Å². The van der Waals surface area contributed by atoms with Crippen molar-refractivity contribution in [2.24, 2.45) is 0 Å². The molecule has 0 amide bonds. The van der Waals surface area contributed by atoms with Crippen LogP contribution in [-0.2, 0) is 10.3 Å². The monoisotopic (exact) mass is 355 g/mol. The van der Waals surface area contributed by atoms with Crippen LogP contribution in [0.1, 0.15) is 42.5 Å². The summed E-state index contributed by atoms with van der Waals surface area (Å²) in [6, 6.07) is 32.0. The first-order chi connectivity index (χ1) is 13.3. The molecule has 0 unspecified atom stereocenters. The van der Waals surface area contributed by atoms with E-state index in [0.29, 0.717) is 0 Å². The van der Waals surface area contributed by atoms with E-state index in [2.05, 4.69) is 103 Å². The van der Waals surface area contributed by atoms with E-state index in [-0.39, 0.29) is 13.1 Å². The fourth-order valence-electron chi connectivity index (χ4n) is 4.15. The van der Waals surface area contributed by atoms with Gasteiger partial charge < -0.3 is 9.88 Å². The second-order valence-electron chi connectivity index (χ2n) is 7.23. The maximum atomic E-state index is 6.88. The number of rotatable bonds is 6. The van der Waals surface area contributed by atoms with Crippen molar-refractivity contribution in [3.05, 3.63) is 108 Å². The molecule has 27 heavy (non-hydrogen) atoms. The molecule has 3 aromatic rings. The van der Waals surface area contributed by atoms with Gasteiger partial charge in [-0.2, -0.15) is 0 Å². The fourth-order valence-corrected chi connectivity index (χ4v) is 4.15. The first kappa shape index (κ1) is 18.0. The third-order valence-corrected chi connectivity index (χ3v) is 5.45. The van der Waals surface area contributed by atoms with Crippen molar-refractivity contribution in [3.63, 3.8) is 0 Å². The minimum Gasteiger partial charge on any atom is -0.406 e. The van der Waals surface area contributed by atoms with Crippen molar-refractivity contribution in [3.8, 4) is 0 Å². The predicted octanol–water partition coefficient (Wildman–Crippen LogP) is 5.58. The van der Waals surface area contributed by atoms with Crippen molar-refractivity contribution >= 4 is 7.05 Å². The lowest BCUT2D eigenvalue weighted by Gasteiger charge is -2.36. The average molecular weight is 355 g/mol. The zero-order chi connectivity index (χ0) is 18.5. The summed E-state index contributed by atoms with van der Waals surface area (Å²) in [7, 11) is 0.0376. The van der Waals surface area contributed by atoms with Gasteiger partial charge in [-0.3, -0.25) is 0 Å². The van der Waals surface area contributed by atoms with Gasteiger partial charge in [-0.25, -0.2) is 0 Å². The van der Waals surface area contributed by atoms with Gasteiger partial charge in [-0.05, 0) is 23.0 Å². The summed E-state index contributed by atoms with van der Waals surface area (Å²) in [4.78, 5) is 0. The Kier molecular flexibility index (Phi) is 5.42. The van der Waals surface area contributed by atoms with Gasteiger partial charge in [0.1, 0.15) is 5.60 Å². The van der Waals surface area contributed by atoms with Gasteiger partial charge in [0.15, 0.2) is 0 Å². The summed E-state index contributed by atoms with van der Waals surface area (Å²) in [5.74, 6) is 0. The zero-order valence-corrected chi connectivity index (χ0v) is 15.8. The minimum absolute atomic E-state index is 0.0376. The highest BCUT2D eigenvalue weighted by atomic mass is 16.5. The Labute approximate surface area is 162 Å². The topological polar surface area (TPSA) is 21.3 Å². The third kappa shape index (κ3) is 3.45. The standard InChI is InChI=1S/C24H26BNO/c1-2-3-19-25-26-23(20-13-7-4-8-14-20)24(27-25,21-15-9-5-10-16-21)22-17-11-6-12-18-22/h4-18,23,26H,2-3,19H2,1H3/t23-/m1/s1. The first-order valence-electron chi connectivity index (χ1n) is 9.94. The van der Waals surface area contributed by atoms with E-state index >= 15 is 0 Å². The molecule has 0 aliphatic carbocycles. The molecule has 1 fully saturated rings. The molecule has 1 aliphatic rings. The Morgan fingerprint density at radius 1 is 0.815 bits per heavy atom. The van der Waals surface area contributed by atoms with Gasteiger partial charge in [-0.1, -0.05) is 111 Å². The molecule has 0 saturated carbocycles. The zero-order valence-electron chi connectivity index (χ0n) is 15.8. The quantitative estimate of drug-likeness (QED) is 0.583. The molecule has 0 spiro atoms. The molecule has 1 saturated heterocycles. The lowest BCUT2D eigenvalue weighted by molar-refractivity contribution is 0.112. The van der Waals surface area contributed by atoms with Crippen LogP contribution in [0.2, 0.25) is 6.32 Å². The Morgan fingerprint density at radius 2 is 1.33 bits per heavy atom. The fraction of sp³-hybridized carbons (Fsp3) is 0.250. The van der Waals surface area contributed by atoms with E-state index in [9.17, 15) is 0 Å². The van der Waals surface area contributed by atoms with Crippen LogP contribution in [0.3, 0.4) is 0 Å². The van der Waals surface area contributed by atoms with E-state index in [1.807, 2.05) is 0 Å². The van der Waals surface area contributed by atoms with E-state index < -0.39 is 5.60 Å². The molecule has 0 aromatic heterocycles. The Bertz CT molecular complexity index is 799. The number of benzene rings is 3. The average Bonchev–Trinajstić information content (AvgIpc) is 3.15. The van der Waals surface area contributed by atoms with Crippen LogP contribution in [0.15, 0.2) is 91.0 Å². The summed E-state index contributed by atoms with van der Waals surface area (Å²) in [5.41, 5.74) is 3.10. The lowest BCUT2D eigenvalue weighted by atomic mass is 9.77. The lowest BCUT2D eigenvalue weighted by Crippen LogP contribution is -2.35. The Morgan fingerprint density at radius 3 is 1.85 bits per heavy atom. The number of hydrogen-bond acceptors (Lipinski definition) is 2. The molecule has 1 aliphatic heterocycles. The van der Waals surface area contributed by atoms with Crippen LogP contribution in [0, 0.1) is 0 Å². The molecular formula is C24H26BNO. The van der Waals surface area contributed by atoms with Crippen LogP contribution >= 0.6 is 0 Å². The van der Waals surface area contributed by atoms with E-state index in [1.165, 1.54) is 23.1 Å². The van der Waals surface area contributed by atoms with Gasteiger partial charge in [0.25, 0.3) is 0 Å². The highest BCUT2D eigenvalue weighted by molar-refractivity contribution is 6.50. The third-order valence-electron chi connectivity index (χ3n) is 5.45. The molecular weight excluding hydrogens is 329 g/mol. The van der Waals surface area contributed by atoms with Crippen LogP contribution in [0.4, 0.5) is 0 Å². The molecule has 0 bridgehead atoms. The molecule has 1 atom stereocenters. The molecule has 2 nitrogen and oxygen atoms in total. The van der Waals surface area contributed by atoms with E-state index in [4.69, 9.17) is 4.65 Å². The number of hydrogen-bond donors (Lipinski definition) is 1. The number of nitrogens with one attached hydrogen (secondary N) is 1. The highest BCUT2D eigenvalue weighted by Gasteiger charge is 2.52. The molecule has 0 radical (unpaired) electrons. The normalized spacial score (nSPS) is 18.6. The van der Waals surface area contributed by atoms with Crippen molar-refractivity contribution in [1.82, 2.24) is 5.23 Å². The van der Waals surface area contributed by atoms with Crippen molar-refractivity contribution < 1.29 is 4.65 Å². The van der Waals surface area contributed by atoms with Crippen LogP contribution in [0.5, 0.6) is 0 Å². The maximum Gasteiger partial charge on any atom is 0.381 e. The predicted molar refractivity (Wildman–Crippen MR) is 113 cm³/mol. The number of unbranched alkanes of at least 4 members (excludes halogenated alkanes) is 1. The van der Waals surface area contributed by atoms with Gasteiger partial charge in [0.05, 0.1) is 6.04 Å². The molecule has 1 N–H and O–H groups in total. The second-order valence-corrected chi connectivity index (χ2v) is 7.23. The smallest absolute Gasteiger partial charge is 0.381 e. The van der Waals surface area contributed by atoms with Crippen molar-refractivity contribution in [2.45, 2.75) is 37.7 Å². The molecule has 3 aromatic carbocycles. The van der Waals surface area contributed by atoms with Crippen LogP contribution < -0.4 is 5.23 Å². The SMILES string of the molecule is CCCCB1N[C@H](c2ccccc2)C(c2ccccc2)(c2ccccc2)O1. The largest absolute Gasteiger partial charge is 0.406 e. The second kappa shape index (κ2) is 8.12. The van der Waals surface area contributed by atoms with Gasteiger partial charge in [0, 0.05) is 0 Å². The summed E-state index contributed by atoms with van der Waals surface area (Å²) >= 11 is 0. The summed E-state index contributed by atoms with van der Waals surface area (Å²) in [6.45, 7) is 2.23. The summed E-state index contributed by atoms with van der Waals surface area (Å²) in [6.07, 6.45) is 3.33. The van der Waals surface area contributed by atoms with E-state index in [0.717, 1.165) is 12.7 Å². The van der Waals surface area contributed by atoms with Crippen molar-refractivity contribution in [2.75, 3.05) is 0 Å². The van der Waals surface area contributed by atoms with E-state index in [1.54, 1.807) is 0 Å². The van der Waals surface area contributed by atoms with Gasteiger partial charge in [0.2, 0.25) is 0 Å². The minimum atomic E-state index is -0.539. The Hall–Kier alpha value is -2.36. The molecule has 4 rings (SSSR count). The van der Waals surface area contributed by atoms with Gasteiger partial charge in [-0.15, -0.1) is 0 Å². The first-order valence-corrected chi connectivity index (χ1v) is 9.94. The summed E-state index contributed by atoms with van der Waals surface area (Å²) in [5, 5.41) is 3.81. The highest BCUT2D eigenvalue weighted by Crippen LogP contribution is 2.48. The van der Waals surface area contributed by atoms with Crippen molar-refractivity contribution in [1.29, 1.82) is 0 Å². The van der Waals surface area contributed by atoms with Gasteiger partial charge >= 0.3 is 7.05 Å². The Balaban J connectivity index is 1.87.